The number of oxazole rings is 1. The van der Waals surface area contributed by atoms with Crippen LogP contribution in [0, 0.1) is 0 Å². The second kappa shape index (κ2) is 35.0. The molecule has 0 bridgehead atoms. The van der Waals surface area contributed by atoms with Gasteiger partial charge in [0.1, 0.15) is 28.6 Å². The molecule has 0 aliphatic heterocycles. The molecule has 0 amide bonds. The number of rotatable bonds is 26. The van der Waals surface area contributed by atoms with Gasteiger partial charge in [0, 0.05) is 127 Å². The maximum Gasteiger partial charge on any atom is 0.357 e. The highest BCUT2D eigenvalue weighted by atomic mass is 32.1. The number of aromatic hydroxyl groups is 3. The summed E-state index contributed by atoms with van der Waals surface area (Å²) in [7, 11) is 13.2. The number of hydrogen-bond donors (Lipinski definition) is 6. The Labute approximate surface area is 632 Å². The molecule has 562 valence electrons. The summed E-state index contributed by atoms with van der Waals surface area (Å²) in [5, 5.41) is 31.6. The molecule has 3 aromatic heterocycles. The van der Waals surface area contributed by atoms with E-state index in [0.29, 0.717) is 56.9 Å². The predicted molar refractivity (Wildman–Crippen MR) is 430 cm³/mol. The highest BCUT2D eigenvalue weighted by Crippen LogP contribution is 2.49. The quantitative estimate of drug-likeness (QED) is 0.0217. The Morgan fingerprint density at radius 1 is 0.444 bits per heavy atom. The zero-order valence-electron chi connectivity index (χ0n) is 63.0. The van der Waals surface area contributed by atoms with Crippen LogP contribution >= 0.6 is 18.9 Å². The lowest BCUT2D eigenvalue weighted by molar-refractivity contribution is 0.112. The maximum absolute atomic E-state index is 12.6. The second-order valence-corrected chi connectivity index (χ2v) is 27.4. The minimum absolute atomic E-state index is 0.0373. The van der Waals surface area contributed by atoms with Gasteiger partial charge in [-0.15, -0.1) is 11.3 Å². The minimum atomic E-state index is -4.71. The minimum Gasteiger partial charge on any atom is -0.502 e. The fourth-order valence-corrected chi connectivity index (χ4v) is 14.0. The molecule has 0 spiro atoms. The number of nitrogens with one attached hydrogen (secondary N) is 1. The number of carbonyl (C=O) groups excluding carboxylic acids is 1. The number of anilines is 4. The number of aromatic nitrogens is 4. The molecule has 23 nitrogen and oxygen atoms in total. The Balaban J connectivity index is 0.000000174. The van der Waals surface area contributed by atoms with Crippen molar-refractivity contribution in [2.24, 2.45) is 0 Å². The van der Waals surface area contributed by atoms with Crippen LogP contribution in [0.4, 0.5) is 22.7 Å². The van der Waals surface area contributed by atoms with Gasteiger partial charge in [-0.2, -0.15) is 0 Å². The molecule has 6 N–H and O–H groups in total. The predicted octanol–water partition coefficient (Wildman–Crippen LogP) is 16.8. The lowest BCUT2D eigenvalue weighted by Crippen LogP contribution is -2.21. The van der Waals surface area contributed by atoms with Crippen LogP contribution in [0.5, 0.6) is 57.5 Å². The fraction of sp³-hybridized carbons (Fsp3) is 0.229. The van der Waals surface area contributed by atoms with E-state index >= 15 is 0 Å². The smallest absolute Gasteiger partial charge is 0.357 e. The van der Waals surface area contributed by atoms with Crippen molar-refractivity contribution in [1.29, 1.82) is 0 Å². The zero-order valence-corrected chi connectivity index (χ0v) is 64.7. The first-order valence-corrected chi connectivity index (χ1v) is 37.0. The summed E-state index contributed by atoms with van der Waals surface area (Å²) in [5.74, 6) is 3.05. The highest BCUT2D eigenvalue weighted by Gasteiger charge is 2.30. The Morgan fingerprint density at radius 2 is 0.852 bits per heavy atom. The summed E-state index contributed by atoms with van der Waals surface area (Å²) in [6.07, 6.45) is 0.821. The number of carbonyl (C=O) groups is 1. The van der Waals surface area contributed by atoms with Crippen LogP contribution in [-0.2, 0) is 4.57 Å². The molecule has 108 heavy (non-hydrogen) atoms. The SMILES string of the molecule is CCN(CC)c1ccc(-c2nc(-c3cc(OC)c(O)c(OC)c3)[nH]c2-c2ccc(N(CC)CC)cc2)cc1.COc1cc(-c2nc(-c3ccc(N(C)C)cc3)c(-c3ccc(N(C)C)cc3P(=O)(O)O)o2)cc(OC)c1O.COc1ccc(-c2nc(-c3cc(OC)c(O)c(OC)c3)sc2-c2ccc(C=O)cc2)cc1. The Hall–Kier alpha value is -12.0. The van der Waals surface area contributed by atoms with E-state index in [0.717, 1.165) is 104 Å². The van der Waals surface area contributed by atoms with Crippen molar-refractivity contribution in [3.63, 3.8) is 0 Å². The molecule has 0 atom stereocenters. The summed E-state index contributed by atoms with van der Waals surface area (Å²) in [4.78, 5) is 59.1. The monoisotopic (exact) mass is 1500 g/mol. The second-order valence-electron chi connectivity index (χ2n) is 24.9. The van der Waals surface area contributed by atoms with E-state index in [4.69, 9.17) is 52.5 Å². The van der Waals surface area contributed by atoms with Crippen LogP contribution < -0.4 is 58.1 Å². The number of phenolic OH excluding ortho intramolecular Hbond substituents is 3. The van der Waals surface area contributed by atoms with Gasteiger partial charge in [0.2, 0.25) is 23.1 Å². The van der Waals surface area contributed by atoms with Gasteiger partial charge in [-0.05, 0) is 149 Å². The number of ether oxygens (including phenoxy) is 7. The third-order valence-corrected chi connectivity index (χ3v) is 20.3. The number of benzene rings is 9. The van der Waals surface area contributed by atoms with Crippen molar-refractivity contribution < 1.29 is 72.0 Å². The van der Waals surface area contributed by atoms with Crippen molar-refractivity contribution in [2.45, 2.75) is 27.7 Å². The molecular formula is C83H89N8O15PS. The van der Waals surface area contributed by atoms with Gasteiger partial charge in [-0.3, -0.25) is 9.36 Å². The zero-order chi connectivity index (χ0) is 77.7. The third-order valence-electron chi connectivity index (χ3n) is 18.1. The van der Waals surface area contributed by atoms with Crippen LogP contribution in [0.3, 0.4) is 0 Å². The molecule has 0 radical (unpaired) electrons. The molecular weight excluding hydrogens is 1410 g/mol. The van der Waals surface area contributed by atoms with E-state index in [9.17, 15) is 34.5 Å². The average Bonchev–Trinajstić information content (AvgIpc) is 1.64. The van der Waals surface area contributed by atoms with Crippen molar-refractivity contribution in [3.05, 3.63) is 181 Å². The molecule has 0 saturated heterocycles. The number of aromatic amines is 1. The van der Waals surface area contributed by atoms with E-state index in [2.05, 4.69) is 91.0 Å². The lowest BCUT2D eigenvalue weighted by Gasteiger charge is -2.21. The molecule has 0 aliphatic rings. The first-order chi connectivity index (χ1) is 52.0. The van der Waals surface area contributed by atoms with Crippen molar-refractivity contribution in [2.75, 3.05) is 124 Å². The van der Waals surface area contributed by atoms with Crippen LogP contribution in [0.15, 0.2) is 180 Å². The summed E-state index contributed by atoms with van der Waals surface area (Å²) in [6.45, 7) is 12.5. The molecule has 0 unspecified atom stereocenters. The standard InChI is InChI=1S/C31H38N4O3.C27H30N3O7P.C25H21NO5S/c1-7-34(8-2)24-15-11-21(12-16-24)28-29(22-13-17-25(18-14-22)35(9-3)10-4)33-31(32-28)23-19-26(37-5)30(36)27(20-23)38-6;1-29(2)18-9-7-16(8-10-18)24-26(20-12-11-19(30(3)4)15-23(20)38(32,33)34)37-27(28-24)17-13-21(35-5)25(31)22(14-17)36-6;1-29-19-10-8-16(9-11-19)22-24(17-6-4-15(14-27)5-7-17)32-25(26-22)18-12-20(30-2)23(28)21(13-18)31-3/h11-20,36H,7-10H2,1-6H3,(H,32,33);7-15,31H,1-6H3,(H2,32,33,34);4-14,28H,1-3H3. The largest absolute Gasteiger partial charge is 0.502 e. The number of methoxy groups -OCH3 is 7. The maximum atomic E-state index is 12.6. The van der Waals surface area contributed by atoms with Crippen molar-refractivity contribution >= 4 is 53.3 Å². The van der Waals surface area contributed by atoms with Crippen LogP contribution in [-0.4, -0.2) is 155 Å². The Kier molecular flexibility index (Phi) is 25.5. The van der Waals surface area contributed by atoms with Crippen LogP contribution in [0.2, 0.25) is 0 Å². The Morgan fingerprint density at radius 3 is 1.29 bits per heavy atom. The summed E-state index contributed by atoms with van der Waals surface area (Å²) in [5.41, 5.74) is 14.3. The number of aldehydes is 1. The molecule has 12 aromatic rings. The molecule has 12 rings (SSSR count). The van der Waals surface area contributed by atoms with Crippen molar-refractivity contribution in [3.8, 4) is 158 Å². The average molecular weight is 1500 g/mol. The number of imidazole rings is 1. The van der Waals surface area contributed by atoms with E-state index in [1.54, 1.807) is 86.8 Å². The van der Waals surface area contributed by atoms with Gasteiger partial charge < -0.3 is 87.3 Å². The van der Waals surface area contributed by atoms with Gasteiger partial charge in [0.25, 0.3) is 0 Å². The third kappa shape index (κ3) is 17.3. The summed E-state index contributed by atoms with van der Waals surface area (Å²) in [6, 6.07) is 54.7. The summed E-state index contributed by atoms with van der Waals surface area (Å²) >= 11 is 1.50. The Bertz CT molecular complexity index is 4960. The van der Waals surface area contributed by atoms with Gasteiger partial charge in [0.15, 0.2) is 40.3 Å². The van der Waals surface area contributed by atoms with E-state index in [1.165, 1.54) is 71.4 Å². The van der Waals surface area contributed by atoms with E-state index in [1.807, 2.05) is 79.7 Å². The number of H-pyrrole nitrogens is 1. The lowest BCUT2D eigenvalue weighted by atomic mass is 10.0. The number of nitrogens with zero attached hydrogens (tertiary/aromatic N) is 7. The van der Waals surface area contributed by atoms with Crippen molar-refractivity contribution in [1.82, 2.24) is 19.9 Å². The van der Waals surface area contributed by atoms with Crippen LogP contribution in [0.25, 0.3) is 100 Å². The molecule has 0 saturated carbocycles. The van der Waals surface area contributed by atoms with E-state index < -0.39 is 7.60 Å². The van der Waals surface area contributed by atoms with Crippen LogP contribution in [0.1, 0.15) is 38.1 Å². The van der Waals surface area contributed by atoms with Gasteiger partial charge in [0.05, 0.1) is 77.0 Å². The first-order valence-electron chi connectivity index (χ1n) is 34.5. The number of hydrogen-bond acceptors (Lipinski definition) is 21. The highest BCUT2D eigenvalue weighted by molar-refractivity contribution is 7.60. The van der Waals surface area contributed by atoms with Gasteiger partial charge in [-0.1, -0.05) is 60.7 Å². The van der Waals surface area contributed by atoms with Gasteiger partial charge in [-0.25, -0.2) is 15.0 Å². The molecule has 3 heterocycles. The normalized spacial score (nSPS) is 11.0. The molecule has 0 aliphatic carbocycles. The fourth-order valence-electron chi connectivity index (χ4n) is 12.1. The number of phenols is 3. The summed E-state index contributed by atoms with van der Waals surface area (Å²) < 4.78 is 56.1. The van der Waals surface area contributed by atoms with Gasteiger partial charge >= 0.3 is 7.60 Å². The van der Waals surface area contributed by atoms with E-state index in [-0.39, 0.29) is 51.3 Å². The first kappa shape index (κ1) is 78.6. The molecule has 9 aromatic carbocycles. The number of thiazole rings is 1. The molecule has 0 fully saturated rings. The molecule has 25 heteroatoms. The topological polar surface area (TPSA) is 280 Å².